The van der Waals surface area contributed by atoms with E-state index in [9.17, 15) is 0 Å². The highest BCUT2D eigenvalue weighted by Gasteiger charge is 2.26. The predicted molar refractivity (Wildman–Crippen MR) is 89.8 cm³/mol. The molecular weight excluding hydrogens is 302 g/mol. The Hall–Kier alpha value is -1.13. The van der Waals surface area contributed by atoms with E-state index in [4.69, 9.17) is 22.1 Å². The highest BCUT2D eigenvalue weighted by molar-refractivity contribution is 6.67. The molecule has 0 saturated carbocycles. The summed E-state index contributed by atoms with van der Waals surface area (Å²) in [6, 6.07) is 0. The third-order valence-electron chi connectivity index (χ3n) is 3.65. The summed E-state index contributed by atoms with van der Waals surface area (Å²) in [5.41, 5.74) is 6.06. The SMILES string of the molecule is CCOC1CCC(C#CC2C(Cl)=NC(N(C)C)=NC2N)CN1. The minimum atomic E-state index is -0.470. The van der Waals surface area contributed by atoms with E-state index in [2.05, 4.69) is 27.1 Å². The van der Waals surface area contributed by atoms with Gasteiger partial charge in [0.05, 0.1) is 0 Å². The molecule has 0 radical (unpaired) electrons. The highest BCUT2D eigenvalue weighted by Crippen LogP contribution is 2.18. The Morgan fingerprint density at radius 3 is 2.73 bits per heavy atom. The number of aliphatic imine (C=N–C) groups is 2. The molecule has 7 heteroatoms. The lowest BCUT2D eigenvalue weighted by Crippen LogP contribution is -2.41. The summed E-state index contributed by atoms with van der Waals surface area (Å²) < 4.78 is 5.55. The van der Waals surface area contributed by atoms with E-state index in [1.165, 1.54) is 0 Å². The maximum atomic E-state index is 6.22. The molecular formula is C15H24ClN5O. The highest BCUT2D eigenvalue weighted by atomic mass is 35.5. The van der Waals surface area contributed by atoms with Gasteiger partial charge in [-0.15, -0.1) is 0 Å². The molecule has 0 aromatic heterocycles. The van der Waals surface area contributed by atoms with Crippen molar-refractivity contribution in [3.05, 3.63) is 0 Å². The third-order valence-corrected chi connectivity index (χ3v) is 3.97. The van der Waals surface area contributed by atoms with Crippen LogP contribution in [0.3, 0.4) is 0 Å². The minimum absolute atomic E-state index is 0.150. The number of nitrogens with zero attached hydrogens (tertiary/aromatic N) is 3. The molecule has 3 N–H and O–H groups in total. The normalized spacial score (nSPS) is 31.7. The van der Waals surface area contributed by atoms with Gasteiger partial charge in [-0.1, -0.05) is 23.4 Å². The van der Waals surface area contributed by atoms with E-state index in [1.54, 1.807) is 4.90 Å². The van der Waals surface area contributed by atoms with E-state index in [-0.39, 0.29) is 18.1 Å². The van der Waals surface area contributed by atoms with Crippen LogP contribution in [0.25, 0.3) is 0 Å². The van der Waals surface area contributed by atoms with Crippen LogP contribution in [0.5, 0.6) is 0 Å². The second-order valence-electron chi connectivity index (χ2n) is 5.64. The molecule has 0 aromatic carbocycles. The van der Waals surface area contributed by atoms with E-state index < -0.39 is 6.17 Å². The lowest BCUT2D eigenvalue weighted by Gasteiger charge is -2.27. The zero-order valence-corrected chi connectivity index (χ0v) is 14.1. The Labute approximate surface area is 137 Å². The van der Waals surface area contributed by atoms with Gasteiger partial charge in [0.25, 0.3) is 0 Å². The molecule has 0 amide bonds. The molecule has 22 heavy (non-hydrogen) atoms. The van der Waals surface area contributed by atoms with Gasteiger partial charge in [0.1, 0.15) is 23.5 Å². The number of ether oxygens (including phenoxy) is 1. The lowest BCUT2D eigenvalue weighted by molar-refractivity contribution is 0.0147. The molecule has 4 atom stereocenters. The van der Waals surface area contributed by atoms with Gasteiger partial charge in [-0.25, -0.2) is 9.98 Å². The quantitative estimate of drug-likeness (QED) is 0.737. The zero-order chi connectivity index (χ0) is 16.1. The van der Waals surface area contributed by atoms with Crippen LogP contribution in [-0.4, -0.2) is 55.7 Å². The number of guanidine groups is 1. The smallest absolute Gasteiger partial charge is 0.222 e. The number of halogens is 1. The summed E-state index contributed by atoms with van der Waals surface area (Å²) in [6.45, 7) is 3.55. The molecule has 6 nitrogen and oxygen atoms in total. The molecule has 2 aliphatic heterocycles. The molecule has 0 aliphatic carbocycles. The Bertz CT molecular complexity index is 500. The van der Waals surface area contributed by atoms with E-state index in [0.717, 1.165) is 26.0 Å². The van der Waals surface area contributed by atoms with Crippen molar-refractivity contribution in [2.75, 3.05) is 27.2 Å². The zero-order valence-electron chi connectivity index (χ0n) is 13.3. The van der Waals surface area contributed by atoms with Crippen molar-refractivity contribution in [3.63, 3.8) is 0 Å². The first-order valence-corrected chi connectivity index (χ1v) is 8.00. The molecule has 122 valence electrons. The topological polar surface area (TPSA) is 75.2 Å². The van der Waals surface area contributed by atoms with E-state index >= 15 is 0 Å². The van der Waals surface area contributed by atoms with Crippen molar-refractivity contribution in [1.29, 1.82) is 0 Å². The molecule has 0 bridgehead atoms. The van der Waals surface area contributed by atoms with E-state index in [0.29, 0.717) is 11.1 Å². The summed E-state index contributed by atoms with van der Waals surface area (Å²) in [7, 11) is 3.71. The fourth-order valence-electron chi connectivity index (χ4n) is 2.41. The lowest BCUT2D eigenvalue weighted by atomic mass is 9.97. The summed E-state index contributed by atoms with van der Waals surface area (Å²) in [5, 5.41) is 3.76. The maximum Gasteiger partial charge on any atom is 0.222 e. The first-order valence-electron chi connectivity index (χ1n) is 7.62. The average molecular weight is 326 g/mol. The first-order chi connectivity index (χ1) is 10.5. The predicted octanol–water partition coefficient (Wildman–Crippen LogP) is 0.822. The minimum Gasteiger partial charge on any atom is -0.364 e. The van der Waals surface area contributed by atoms with Crippen LogP contribution in [0.1, 0.15) is 19.8 Å². The number of nitrogens with two attached hydrogens (primary N) is 1. The summed E-state index contributed by atoms with van der Waals surface area (Å²) >= 11 is 6.22. The van der Waals surface area contributed by atoms with Crippen molar-refractivity contribution in [2.45, 2.75) is 32.2 Å². The van der Waals surface area contributed by atoms with Gasteiger partial charge < -0.3 is 15.4 Å². The summed E-state index contributed by atoms with van der Waals surface area (Å²) in [6.07, 6.45) is 1.66. The van der Waals surface area contributed by atoms with Gasteiger partial charge in [-0.3, -0.25) is 5.32 Å². The van der Waals surface area contributed by atoms with Crippen molar-refractivity contribution < 1.29 is 4.74 Å². The molecule has 4 unspecified atom stereocenters. The number of hydrogen-bond acceptors (Lipinski definition) is 6. The maximum absolute atomic E-state index is 6.22. The van der Waals surface area contributed by atoms with Crippen LogP contribution in [0.2, 0.25) is 0 Å². The van der Waals surface area contributed by atoms with Gasteiger partial charge in [-0.2, -0.15) is 0 Å². The average Bonchev–Trinajstić information content (AvgIpc) is 2.48. The van der Waals surface area contributed by atoms with Crippen molar-refractivity contribution in [3.8, 4) is 11.8 Å². The largest absolute Gasteiger partial charge is 0.364 e. The monoisotopic (exact) mass is 325 g/mol. The Morgan fingerprint density at radius 1 is 1.41 bits per heavy atom. The molecule has 0 spiro atoms. The molecule has 0 aromatic rings. The Balaban J connectivity index is 1.94. The van der Waals surface area contributed by atoms with Gasteiger partial charge in [0, 0.05) is 33.2 Å². The van der Waals surface area contributed by atoms with Crippen LogP contribution >= 0.6 is 11.6 Å². The number of nitrogens with one attached hydrogen (secondary N) is 1. The molecule has 1 saturated heterocycles. The Morgan fingerprint density at radius 2 is 2.18 bits per heavy atom. The van der Waals surface area contributed by atoms with Crippen LogP contribution in [0, 0.1) is 23.7 Å². The van der Waals surface area contributed by atoms with Gasteiger partial charge in [0.15, 0.2) is 0 Å². The van der Waals surface area contributed by atoms with Gasteiger partial charge >= 0.3 is 0 Å². The summed E-state index contributed by atoms with van der Waals surface area (Å²) in [4.78, 5) is 10.4. The Kier molecular flexibility index (Phi) is 6.21. The fourth-order valence-corrected chi connectivity index (χ4v) is 2.67. The van der Waals surface area contributed by atoms with Crippen LogP contribution in [-0.2, 0) is 4.74 Å². The second-order valence-corrected chi connectivity index (χ2v) is 6.03. The third kappa shape index (κ3) is 4.43. The molecule has 1 fully saturated rings. The number of hydrogen-bond donors (Lipinski definition) is 2. The van der Waals surface area contributed by atoms with Crippen LogP contribution in [0.15, 0.2) is 9.98 Å². The van der Waals surface area contributed by atoms with Crippen molar-refractivity contribution in [2.24, 2.45) is 27.6 Å². The number of rotatable bonds is 2. The second kappa shape index (κ2) is 7.93. The van der Waals surface area contributed by atoms with Gasteiger partial charge in [0.2, 0.25) is 5.96 Å². The molecule has 2 rings (SSSR count). The van der Waals surface area contributed by atoms with Gasteiger partial charge in [-0.05, 0) is 19.8 Å². The van der Waals surface area contributed by atoms with Crippen LogP contribution in [0.4, 0.5) is 0 Å². The molecule has 2 heterocycles. The van der Waals surface area contributed by atoms with E-state index in [1.807, 2.05) is 21.0 Å². The molecule has 2 aliphatic rings. The first kappa shape index (κ1) is 17.2. The fraction of sp³-hybridized carbons (Fsp3) is 0.733. The standard InChI is InChI=1S/C15H24ClN5O/c1-4-22-12-8-6-10(9-18-12)5-7-11-13(16)19-15(21(2)3)20-14(11)17/h10-12,14,18H,4,6,8-9,17H2,1-3H3. The van der Waals surface area contributed by atoms with Crippen molar-refractivity contribution >= 4 is 22.7 Å². The van der Waals surface area contributed by atoms with Crippen LogP contribution < -0.4 is 11.1 Å². The van der Waals surface area contributed by atoms with Crippen molar-refractivity contribution in [1.82, 2.24) is 10.2 Å². The summed E-state index contributed by atoms with van der Waals surface area (Å²) in [5.74, 6) is 6.91. The number of piperidine rings is 1.